The van der Waals surface area contributed by atoms with E-state index in [1.165, 1.54) is 6.07 Å². The summed E-state index contributed by atoms with van der Waals surface area (Å²) in [5, 5.41) is 3.41. The first-order chi connectivity index (χ1) is 13.2. The van der Waals surface area contributed by atoms with Crippen LogP contribution in [0.15, 0.2) is 47.2 Å². The Morgan fingerprint density at radius 2 is 2.11 bits per heavy atom. The molecule has 0 saturated heterocycles. The van der Waals surface area contributed by atoms with E-state index in [0.29, 0.717) is 15.6 Å². The van der Waals surface area contributed by atoms with Crippen LogP contribution in [-0.4, -0.2) is 15.8 Å². The summed E-state index contributed by atoms with van der Waals surface area (Å²) in [7, 11) is -3.72. The van der Waals surface area contributed by atoms with E-state index in [1.54, 1.807) is 24.5 Å². The van der Waals surface area contributed by atoms with E-state index >= 15 is 0 Å². The van der Waals surface area contributed by atoms with Crippen LogP contribution in [0.2, 0.25) is 0 Å². The lowest BCUT2D eigenvalue weighted by Crippen LogP contribution is -2.34. The van der Waals surface area contributed by atoms with Gasteiger partial charge in [-0.1, -0.05) is 6.07 Å². The number of fused-ring (bicyclic) bond motifs is 1. The van der Waals surface area contributed by atoms with Crippen LogP contribution in [0, 0.1) is 0 Å². The van der Waals surface area contributed by atoms with Crippen molar-refractivity contribution in [3.05, 3.63) is 63.2 Å². The molecule has 1 saturated carbocycles. The van der Waals surface area contributed by atoms with E-state index in [9.17, 15) is 18.1 Å². The predicted octanol–water partition coefficient (Wildman–Crippen LogP) is 5.26. The highest BCUT2D eigenvalue weighted by Gasteiger charge is 2.56. The van der Waals surface area contributed by atoms with Crippen LogP contribution >= 0.6 is 35.3 Å². The topological polar surface area (TPSA) is 79.3 Å². The number of nitrogens with zero attached hydrogens (tertiary/aromatic N) is 1. The molecule has 2 N–H and O–H groups in total. The van der Waals surface area contributed by atoms with Crippen LogP contribution in [0.1, 0.15) is 33.6 Å². The normalized spacial score (nSPS) is 16.1. The van der Waals surface area contributed by atoms with Gasteiger partial charge in [-0.2, -0.15) is 4.89 Å². The molecule has 144 valence electrons. The zero-order valence-corrected chi connectivity index (χ0v) is 17.5. The van der Waals surface area contributed by atoms with Crippen molar-refractivity contribution in [3.8, 4) is 0 Å². The van der Waals surface area contributed by atoms with Gasteiger partial charge in [0.25, 0.3) is 5.91 Å². The molecule has 3 aromatic rings. The molecule has 1 atom stereocenters. The Hall–Kier alpha value is -1.80. The van der Waals surface area contributed by atoms with Crippen molar-refractivity contribution < 1.29 is 23.0 Å². The van der Waals surface area contributed by atoms with Crippen LogP contribution in [0.3, 0.4) is 0 Å². The van der Waals surface area contributed by atoms with Gasteiger partial charge in [0.05, 0.1) is 10.0 Å². The summed E-state index contributed by atoms with van der Waals surface area (Å²) in [4.78, 5) is 25.3. The number of carbonyl (C=O) groups is 1. The Morgan fingerprint density at radius 1 is 1.36 bits per heavy atom. The number of halogens is 3. The second kappa shape index (κ2) is 6.91. The Balaban J connectivity index is 1.66. The molecule has 1 aromatic carbocycles. The quantitative estimate of drug-likeness (QED) is 0.483. The van der Waals surface area contributed by atoms with Crippen molar-refractivity contribution in [3.63, 3.8) is 0 Å². The van der Waals surface area contributed by atoms with Gasteiger partial charge < -0.3 is 5.32 Å². The van der Waals surface area contributed by atoms with Crippen LogP contribution in [-0.2, 0) is 15.8 Å². The molecular weight excluding hydrogens is 473 g/mol. The zero-order valence-electron chi connectivity index (χ0n) is 14.2. The molecule has 0 radical (unpaired) electrons. The average Bonchev–Trinajstić information content (AvgIpc) is 3.38. The van der Waals surface area contributed by atoms with Gasteiger partial charge in [0.2, 0.25) is 0 Å². The number of thiophene rings is 1. The van der Waals surface area contributed by atoms with E-state index in [4.69, 9.17) is 4.89 Å². The zero-order chi connectivity index (χ0) is 20.1. The number of hydrogen-bond donors (Lipinski definition) is 2. The van der Waals surface area contributed by atoms with E-state index < -0.39 is 24.1 Å². The van der Waals surface area contributed by atoms with Gasteiger partial charge >= 0.3 is 13.7 Å². The fraction of sp³-hybridized carbons (Fsp3) is 0.222. The van der Waals surface area contributed by atoms with Crippen molar-refractivity contribution >= 4 is 51.3 Å². The third-order valence-electron chi connectivity index (χ3n) is 4.72. The number of pyridine rings is 1. The van der Waals surface area contributed by atoms with E-state index in [-0.39, 0.29) is 10.4 Å². The van der Waals surface area contributed by atoms with Crippen molar-refractivity contribution in [2.24, 2.45) is 0 Å². The fourth-order valence-electron chi connectivity index (χ4n) is 3.04. The molecule has 10 heteroatoms. The van der Waals surface area contributed by atoms with Crippen LogP contribution in [0.4, 0.5) is 8.78 Å². The monoisotopic (exact) mass is 485 g/mol. The summed E-state index contributed by atoms with van der Waals surface area (Å²) < 4.78 is 39.6. The van der Waals surface area contributed by atoms with Gasteiger partial charge in [0, 0.05) is 28.0 Å². The molecule has 0 spiro atoms. The van der Waals surface area contributed by atoms with Gasteiger partial charge in [-0.05, 0) is 63.2 Å². The van der Waals surface area contributed by atoms with E-state index in [2.05, 4.69) is 26.2 Å². The molecule has 1 unspecified atom stereocenters. The molecular formula is C18H13BrF2N2O3PS+. The van der Waals surface area contributed by atoms with Gasteiger partial charge in [-0.15, -0.1) is 20.1 Å². The lowest BCUT2D eigenvalue weighted by molar-refractivity contribution is 0.0849. The van der Waals surface area contributed by atoms with Gasteiger partial charge in [-0.25, -0.2) is 0 Å². The van der Waals surface area contributed by atoms with Crippen molar-refractivity contribution in [2.45, 2.75) is 24.0 Å². The summed E-state index contributed by atoms with van der Waals surface area (Å²) in [5.41, 5.74) is -3.06. The number of rotatable bonds is 5. The van der Waals surface area contributed by atoms with Gasteiger partial charge in [0.15, 0.2) is 0 Å². The maximum absolute atomic E-state index is 14.0. The molecule has 1 aliphatic rings. The largest absolute Gasteiger partial charge is 0.590 e. The van der Waals surface area contributed by atoms with Crippen LogP contribution in [0.5, 0.6) is 0 Å². The van der Waals surface area contributed by atoms with Crippen molar-refractivity contribution in [1.82, 2.24) is 10.3 Å². The molecule has 5 nitrogen and oxygen atoms in total. The number of carbonyl (C=O) groups excluding carboxylic acids is 1. The highest BCUT2D eigenvalue weighted by Crippen LogP contribution is 2.54. The summed E-state index contributed by atoms with van der Waals surface area (Å²) >= 11 is 3.82. The molecule has 0 aliphatic heterocycles. The first-order valence-corrected chi connectivity index (χ1v) is 11.1. The number of hydrogen-bond acceptors (Lipinski definition) is 4. The number of aromatic nitrogens is 1. The lowest BCUT2D eigenvalue weighted by Gasteiger charge is -2.17. The Bertz CT molecular complexity index is 1100. The Labute approximate surface area is 171 Å². The summed E-state index contributed by atoms with van der Waals surface area (Å²) in [6.07, 6.45) is 4.98. The van der Waals surface area contributed by atoms with Crippen molar-refractivity contribution in [1.29, 1.82) is 0 Å². The van der Waals surface area contributed by atoms with Crippen molar-refractivity contribution in [2.75, 3.05) is 0 Å². The Kier molecular flexibility index (Phi) is 4.82. The summed E-state index contributed by atoms with van der Waals surface area (Å²) in [6, 6.07) is 8.34. The summed E-state index contributed by atoms with van der Waals surface area (Å²) in [6.45, 7) is 0. The highest BCUT2D eigenvalue weighted by atomic mass is 79.9. The Morgan fingerprint density at radius 3 is 2.71 bits per heavy atom. The molecule has 28 heavy (non-hydrogen) atoms. The fourth-order valence-corrected chi connectivity index (χ4v) is 5.75. The highest BCUT2D eigenvalue weighted by molar-refractivity contribution is 9.10. The number of alkyl halides is 2. The predicted molar refractivity (Wildman–Crippen MR) is 106 cm³/mol. The molecule has 0 bridgehead atoms. The minimum Gasteiger partial charge on any atom is -0.342 e. The lowest BCUT2D eigenvalue weighted by atomic mass is 10.1. The second-order valence-corrected chi connectivity index (χ2v) is 9.50. The molecule has 4 rings (SSSR count). The van der Waals surface area contributed by atoms with Gasteiger partial charge in [-0.3, -0.25) is 9.78 Å². The van der Waals surface area contributed by atoms with Gasteiger partial charge in [0.1, 0.15) is 4.88 Å². The van der Waals surface area contributed by atoms with Crippen LogP contribution in [0.25, 0.3) is 10.1 Å². The standard InChI is InChI=1S/C18H12BrF2N2O3PS/c19-14-12-8-10(3-4-13(12)28-15(14)18(20,21)27(25)26)16(24)23-17(5-6-17)11-2-1-7-22-9-11/h1-4,7-9H,5-6H2,(H-,23,24,25,26)/p+1. The molecule has 1 aliphatic carbocycles. The maximum atomic E-state index is 14.0. The molecule has 1 amide bonds. The average molecular weight is 486 g/mol. The third-order valence-corrected chi connectivity index (χ3v) is 7.90. The SMILES string of the molecule is O=C(NC1(c2cccnc2)CC1)c1ccc2sc(C(F)(F)[P+](=O)O)c(Br)c2c1. The number of amides is 1. The molecule has 2 heterocycles. The van der Waals surface area contributed by atoms with Crippen LogP contribution < -0.4 is 5.32 Å². The minimum atomic E-state index is -3.86. The summed E-state index contributed by atoms with van der Waals surface area (Å²) in [5.74, 6) is -0.317. The number of nitrogens with one attached hydrogen (secondary N) is 1. The first-order valence-electron chi connectivity index (χ1n) is 8.24. The second-order valence-electron chi connectivity index (χ2n) is 6.55. The smallest absolute Gasteiger partial charge is 0.342 e. The minimum absolute atomic E-state index is 0.0259. The maximum Gasteiger partial charge on any atom is 0.590 e. The molecule has 1 fully saturated rings. The number of benzene rings is 1. The van der Waals surface area contributed by atoms with E-state index in [1.807, 2.05) is 12.1 Å². The third kappa shape index (κ3) is 3.26. The first kappa shape index (κ1) is 19.5. The van der Waals surface area contributed by atoms with E-state index in [0.717, 1.165) is 29.7 Å². The molecule has 2 aromatic heterocycles.